The van der Waals surface area contributed by atoms with Crippen molar-refractivity contribution in [3.05, 3.63) is 57.8 Å². The quantitative estimate of drug-likeness (QED) is 0.303. The molecule has 1 atom stereocenters. The van der Waals surface area contributed by atoms with Crippen LogP contribution in [-0.2, 0) is 14.3 Å². The van der Waals surface area contributed by atoms with Crippen LogP contribution in [0.25, 0.3) is 5.69 Å². The highest BCUT2D eigenvalue weighted by Crippen LogP contribution is 2.28. The Bertz CT molecular complexity index is 1030. The number of imidazole rings is 1. The number of benzene rings is 1. The molecule has 0 saturated carbocycles. The molecule has 8 heteroatoms. The number of esters is 1. The number of aromatic nitrogens is 3. The van der Waals surface area contributed by atoms with E-state index in [2.05, 4.69) is 23.0 Å². The molecule has 3 rings (SSSR count). The summed E-state index contributed by atoms with van der Waals surface area (Å²) in [6, 6.07) is 6.19. The predicted octanol–water partition coefficient (Wildman–Crippen LogP) is 4.26. The number of Topliss-reactive ketones (excluding diaryl/α,β-unsaturated/α-hetero) is 1. The number of hydrogen-bond acceptors (Lipinski definition) is 7. The highest BCUT2D eigenvalue weighted by molar-refractivity contribution is 7.99. The Kier molecular flexibility index (Phi) is 6.87. The Balaban J connectivity index is 1.79. The van der Waals surface area contributed by atoms with Crippen LogP contribution in [0.2, 0.25) is 0 Å². The van der Waals surface area contributed by atoms with Crippen molar-refractivity contribution in [2.75, 3.05) is 12.4 Å². The lowest BCUT2D eigenvalue weighted by molar-refractivity contribution is -0.147. The van der Waals surface area contributed by atoms with Gasteiger partial charge in [-0.2, -0.15) is 0 Å². The van der Waals surface area contributed by atoms with Gasteiger partial charge in [0.1, 0.15) is 5.01 Å². The Hall–Kier alpha value is -2.45. The summed E-state index contributed by atoms with van der Waals surface area (Å²) < 4.78 is 7.08. The monoisotopic (exact) mass is 429 g/mol. The zero-order valence-electron chi connectivity index (χ0n) is 16.8. The molecule has 2 heterocycles. The predicted molar refractivity (Wildman–Crippen MR) is 115 cm³/mol. The number of carbonyl (C=O) groups is 2. The number of thiazole rings is 1. The second kappa shape index (κ2) is 9.37. The van der Waals surface area contributed by atoms with Crippen LogP contribution in [0.4, 0.5) is 0 Å². The molecular weight excluding hydrogens is 406 g/mol. The van der Waals surface area contributed by atoms with Gasteiger partial charge >= 0.3 is 5.97 Å². The molecule has 2 aromatic heterocycles. The minimum absolute atomic E-state index is 0.101. The van der Waals surface area contributed by atoms with Gasteiger partial charge in [-0.05, 0) is 39.3 Å². The van der Waals surface area contributed by atoms with E-state index >= 15 is 0 Å². The molecule has 3 aromatic rings. The lowest BCUT2D eigenvalue weighted by Crippen LogP contribution is -2.25. The zero-order chi connectivity index (χ0) is 21.0. The van der Waals surface area contributed by atoms with Crippen LogP contribution in [0, 0.1) is 20.8 Å². The number of hydrogen-bond donors (Lipinski definition) is 0. The molecule has 0 saturated heterocycles. The first-order chi connectivity index (χ1) is 13.9. The summed E-state index contributed by atoms with van der Waals surface area (Å²) in [7, 11) is 0. The van der Waals surface area contributed by atoms with Gasteiger partial charge in [-0.1, -0.05) is 29.5 Å². The Labute approximate surface area is 178 Å². The van der Waals surface area contributed by atoms with Gasteiger partial charge in [0.05, 0.1) is 18.0 Å². The van der Waals surface area contributed by atoms with E-state index < -0.39 is 11.9 Å². The van der Waals surface area contributed by atoms with Gasteiger partial charge in [-0.3, -0.25) is 14.2 Å². The summed E-state index contributed by atoms with van der Waals surface area (Å²) >= 11 is 2.61. The molecule has 0 spiro atoms. The molecule has 0 amide bonds. The van der Waals surface area contributed by atoms with Crippen LogP contribution in [-0.4, -0.2) is 38.6 Å². The smallest absolute Gasteiger partial charge is 0.323 e. The summed E-state index contributed by atoms with van der Waals surface area (Å²) in [4.78, 5) is 34.1. The normalized spacial score (nSPS) is 12.0. The molecular formula is C21H23N3O3S2. The van der Waals surface area contributed by atoms with E-state index in [-0.39, 0.29) is 18.1 Å². The average Bonchev–Trinajstić information content (AvgIpc) is 3.29. The largest absolute Gasteiger partial charge is 0.465 e. The van der Waals surface area contributed by atoms with Crippen LogP contribution < -0.4 is 0 Å². The van der Waals surface area contributed by atoms with Crippen molar-refractivity contribution in [1.82, 2.24) is 14.5 Å². The van der Waals surface area contributed by atoms with Gasteiger partial charge in [0, 0.05) is 23.5 Å². The molecule has 0 aliphatic carbocycles. The molecule has 0 aliphatic rings. The van der Waals surface area contributed by atoms with Crippen LogP contribution >= 0.6 is 23.1 Å². The van der Waals surface area contributed by atoms with Gasteiger partial charge in [0.25, 0.3) is 0 Å². The van der Waals surface area contributed by atoms with Crippen LogP contribution in [0.1, 0.15) is 34.7 Å². The highest BCUT2D eigenvalue weighted by atomic mass is 32.2. The molecule has 0 bridgehead atoms. The molecule has 0 fully saturated rings. The van der Waals surface area contributed by atoms with E-state index in [4.69, 9.17) is 4.74 Å². The van der Waals surface area contributed by atoms with Crippen LogP contribution in [0.15, 0.2) is 41.1 Å². The van der Waals surface area contributed by atoms with Gasteiger partial charge in [-0.15, -0.1) is 11.3 Å². The van der Waals surface area contributed by atoms with E-state index in [1.54, 1.807) is 13.1 Å². The lowest BCUT2D eigenvalue weighted by atomic mass is 10.1. The number of rotatable bonds is 8. The van der Waals surface area contributed by atoms with E-state index in [1.165, 1.54) is 28.7 Å². The lowest BCUT2D eigenvalue weighted by Gasteiger charge is -2.13. The summed E-state index contributed by atoms with van der Waals surface area (Å²) in [5, 5.41) is 3.00. The summed E-state index contributed by atoms with van der Waals surface area (Å²) in [5.41, 5.74) is 4.11. The van der Waals surface area contributed by atoms with Crippen LogP contribution in [0.3, 0.4) is 0 Å². The van der Waals surface area contributed by atoms with Crippen molar-refractivity contribution < 1.29 is 14.3 Å². The minimum Gasteiger partial charge on any atom is -0.465 e. The van der Waals surface area contributed by atoms with Crippen molar-refractivity contribution >= 4 is 34.9 Å². The van der Waals surface area contributed by atoms with E-state index in [0.29, 0.717) is 10.2 Å². The first-order valence-corrected chi connectivity index (χ1v) is 11.1. The summed E-state index contributed by atoms with van der Waals surface area (Å²) in [6.45, 7) is 7.87. The third kappa shape index (κ3) is 4.94. The first-order valence-electron chi connectivity index (χ1n) is 9.25. The second-order valence-electron chi connectivity index (χ2n) is 6.64. The molecule has 152 valence electrons. The number of thioether (sulfide) groups is 1. The van der Waals surface area contributed by atoms with E-state index in [0.717, 1.165) is 16.9 Å². The molecule has 0 aliphatic heterocycles. The summed E-state index contributed by atoms with van der Waals surface area (Å²) in [5.74, 6) is -1.68. The fourth-order valence-corrected chi connectivity index (χ4v) is 4.75. The fourth-order valence-electron chi connectivity index (χ4n) is 2.97. The Morgan fingerprint density at radius 1 is 1.28 bits per heavy atom. The van der Waals surface area contributed by atoms with Gasteiger partial charge in [-0.25, -0.2) is 9.97 Å². The average molecular weight is 430 g/mol. The van der Waals surface area contributed by atoms with Gasteiger partial charge < -0.3 is 4.74 Å². The molecule has 29 heavy (non-hydrogen) atoms. The SMILES string of the molecule is CCOC(=O)C(C(=O)CSc1nccn1-c1ccc(C)cc1C)c1nc(C)cs1. The topological polar surface area (TPSA) is 74.1 Å². The van der Waals surface area contributed by atoms with Gasteiger partial charge in [0.2, 0.25) is 0 Å². The number of carbonyl (C=O) groups excluding carboxylic acids is 2. The van der Waals surface area contributed by atoms with Crippen LogP contribution in [0.5, 0.6) is 0 Å². The standard InChI is InChI=1S/C21H23N3O3S2/c1-5-27-20(26)18(19-23-15(4)11-28-19)17(25)12-29-21-22-8-9-24(21)16-7-6-13(2)10-14(16)3/h6-11,18H,5,12H2,1-4H3. The molecule has 1 unspecified atom stereocenters. The zero-order valence-corrected chi connectivity index (χ0v) is 18.5. The maximum atomic E-state index is 12.9. The van der Waals surface area contributed by atoms with Crippen molar-refractivity contribution in [2.24, 2.45) is 0 Å². The van der Waals surface area contributed by atoms with Crippen molar-refractivity contribution in [3.63, 3.8) is 0 Å². The number of aryl methyl sites for hydroxylation is 3. The second-order valence-corrected chi connectivity index (χ2v) is 8.47. The number of ketones is 1. The van der Waals surface area contributed by atoms with Crippen molar-refractivity contribution in [2.45, 2.75) is 38.8 Å². The molecule has 0 radical (unpaired) electrons. The molecule has 1 aromatic carbocycles. The third-order valence-corrected chi connectivity index (χ3v) is 6.31. The van der Waals surface area contributed by atoms with Crippen molar-refractivity contribution in [1.29, 1.82) is 0 Å². The maximum absolute atomic E-state index is 12.9. The summed E-state index contributed by atoms with van der Waals surface area (Å²) in [6.07, 6.45) is 3.58. The third-order valence-electron chi connectivity index (χ3n) is 4.29. The maximum Gasteiger partial charge on any atom is 0.323 e. The molecule has 6 nitrogen and oxygen atoms in total. The highest BCUT2D eigenvalue weighted by Gasteiger charge is 2.32. The Morgan fingerprint density at radius 3 is 2.72 bits per heavy atom. The minimum atomic E-state index is -0.995. The number of nitrogens with zero attached hydrogens (tertiary/aromatic N) is 3. The van der Waals surface area contributed by atoms with E-state index in [9.17, 15) is 9.59 Å². The van der Waals surface area contributed by atoms with Crippen molar-refractivity contribution in [3.8, 4) is 5.69 Å². The molecule has 0 N–H and O–H groups in total. The van der Waals surface area contributed by atoms with E-state index in [1.807, 2.05) is 42.1 Å². The Morgan fingerprint density at radius 2 is 2.07 bits per heavy atom. The van der Waals surface area contributed by atoms with Gasteiger partial charge in [0.15, 0.2) is 16.9 Å². The fraction of sp³-hybridized carbons (Fsp3) is 0.333. The number of ether oxygens (including phenoxy) is 1. The first kappa shape index (κ1) is 21.3.